The van der Waals surface area contributed by atoms with Gasteiger partial charge in [-0.1, -0.05) is 13.8 Å². The summed E-state index contributed by atoms with van der Waals surface area (Å²) in [5.41, 5.74) is 0.0682. The van der Waals surface area contributed by atoms with E-state index in [1.807, 2.05) is 0 Å². The second kappa shape index (κ2) is 5.56. The molecule has 1 aromatic rings. The number of hydrogen-bond acceptors (Lipinski definition) is 2. The third-order valence-corrected chi connectivity index (χ3v) is 3.32. The minimum Gasteiger partial charge on any atom is -0.345 e. The lowest BCUT2D eigenvalue weighted by atomic mass is 9.98. The normalized spacial score (nSPS) is 19.4. The van der Waals surface area contributed by atoms with Crippen LogP contribution in [-0.2, 0) is 16.1 Å². The van der Waals surface area contributed by atoms with Crippen molar-refractivity contribution in [3.05, 3.63) is 35.4 Å². The van der Waals surface area contributed by atoms with Gasteiger partial charge in [-0.25, -0.2) is 8.78 Å². The summed E-state index contributed by atoms with van der Waals surface area (Å²) >= 11 is 0. The monoisotopic (exact) mass is 282 g/mol. The van der Waals surface area contributed by atoms with Crippen molar-refractivity contribution < 1.29 is 18.4 Å². The molecule has 0 radical (unpaired) electrons. The van der Waals surface area contributed by atoms with Crippen molar-refractivity contribution in [2.45, 2.75) is 26.4 Å². The number of carbonyl (C=O) groups is 2. The molecule has 0 aliphatic carbocycles. The lowest BCUT2D eigenvalue weighted by Crippen LogP contribution is -2.59. The van der Waals surface area contributed by atoms with Gasteiger partial charge < -0.3 is 10.2 Å². The molecule has 1 heterocycles. The van der Waals surface area contributed by atoms with E-state index in [-0.39, 0.29) is 36.4 Å². The van der Waals surface area contributed by atoms with E-state index in [2.05, 4.69) is 5.32 Å². The maximum absolute atomic E-state index is 13.7. The van der Waals surface area contributed by atoms with Gasteiger partial charge in [-0.15, -0.1) is 0 Å². The Morgan fingerprint density at radius 2 is 2.05 bits per heavy atom. The zero-order valence-corrected chi connectivity index (χ0v) is 11.3. The fourth-order valence-electron chi connectivity index (χ4n) is 2.36. The van der Waals surface area contributed by atoms with E-state index in [0.29, 0.717) is 0 Å². The lowest BCUT2D eigenvalue weighted by molar-refractivity contribution is -0.148. The van der Waals surface area contributed by atoms with Crippen LogP contribution in [-0.4, -0.2) is 29.3 Å². The topological polar surface area (TPSA) is 49.4 Å². The first kappa shape index (κ1) is 14.4. The quantitative estimate of drug-likeness (QED) is 0.912. The molecule has 1 aliphatic heterocycles. The molecule has 1 saturated heterocycles. The summed E-state index contributed by atoms with van der Waals surface area (Å²) in [4.78, 5) is 25.1. The first-order valence-corrected chi connectivity index (χ1v) is 6.41. The summed E-state index contributed by atoms with van der Waals surface area (Å²) < 4.78 is 26.9. The van der Waals surface area contributed by atoms with Crippen molar-refractivity contribution in [1.82, 2.24) is 10.2 Å². The van der Waals surface area contributed by atoms with Crippen molar-refractivity contribution in [2.75, 3.05) is 6.54 Å². The van der Waals surface area contributed by atoms with Gasteiger partial charge in [0.25, 0.3) is 0 Å². The number of benzene rings is 1. The first-order chi connectivity index (χ1) is 9.40. The summed E-state index contributed by atoms with van der Waals surface area (Å²) in [5.74, 6) is -1.84. The maximum Gasteiger partial charge on any atom is 0.243 e. The SMILES string of the molecule is CC(C)C1C(=O)NCC(=O)N1Cc1cc(F)ccc1F. The Morgan fingerprint density at radius 1 is 1.35 bits per heavy atom. The van der Waals surface area contributed by atoms with Crippen LogP contribution in [0.15, 0.2) is 18.2 Å². The number of amides is 2. The van der Waals surface area contributed by atoms with Crippen molar-refractivity contribution >= 4 is 11.8 Å². The number of hydrogen-bond donors (Lipinski definition) is 1. The molecule has 0 spiro atoms. The largest absolute Gasteiger partial charge is 0.345 e. The van der Waals surface area contributed by atoms with Gasteiger partial charge in [0.2, 0.25) is 11.8 Å². The molecule has 4 nitrogen and oxygen atoms in total. The summed E-state index contributed by atoms with van der Waals surface area (Å²) in [6.45, 7) is 3.38. The van der Waals surface area contributed by atoms with E-state index in [4.69, 9.17) is 0 Å². The highest BCUT2D eigenvalue weighted by Gasteiger charge is 2.36. The second-order valence-electron chi connectivity index (χ2n) is 5.16. The van der Waals surface area contributed by atoms with E-state index in [1.54, 1.807) is 13.8 Å². The summed E-state index contributed by atoms with van der Waals surface area (Å²) in [6.07, 6.45) is 0. The fourth-order valence-corrected chi connectivity index (χ4v) is 2.36. The van der Waals surface area contributed by atoms with Crippen LogP contribution in [0.3, 0.4) is 0 Å². The van der Waals surface area contributed by atoms with Gasteiger partial charge in [0.1, 0.15) is 17.7 Å². The minimum absolute atomic E-state index is 0.0682. The Hall–Kier alpha value is -1.98. The molecule has 1 N–H and O–H groups in total. The van der Waals surface area contributed by atoms with E-state index in [0.717, 1.165) is 18.2 Å². The molecule has 1 aliphatic rings. The summed E-state index contributed by atoms with van der Waals surface area (Å²) in [6, 6.07) is 2.42. The van der Waals surface area contributed by atoms with Crippen molar-refractivity contribution in [3.8, 4) is 0 Å². The number of nitrogens with one attached hydrogen (secondary N) is 1. The molecule has 108 valence electrons. The Bertz CT molecular complexity index is 546. The second-order valence-corrected chi connectivity index (χ2v) is 5.16. The van der Waals surface area contributed by atoms with Crippen LogP contribution in [0.2, 0.25) is 0 Å². The van der Waals surface area contributed by atoms with Gasteiger partial charge in [0.15, 0.2) is 0 Å². The van der Waals surface area contributed by atoms with Gasteiger partial charge in [0.05, 0.1) is 6.54 Å². The van der Waals surface area contributed by atoms with Gasteiger partial charge in [-0.3, -0.25) is 9.59 Å². The highest BCUT2D eigenvalue weighted by molar-refractivity contribution is 5.94. The van der Waals surface area contributed by atoms with Crippen LogP contribution in [0.4, 0.5) is 8.78 Å². The third kappa shape index (κ3) is 2.79. The van der Waals surface area contributed by atoms with Crippen LogP contribution in [0.1, 0.15) is 19.4 Å². The first-order valence-electron chi connectivity index (χ1n) is 6.41. The Kier molecular flexibility index (Phi) is 4.01. The number of nitrogens with zero attached hydrogens (tertiary/aromatic N) is 1. The van der Waals surface area contributed by atoms with Crippen LogP contribution >= 0.6 is 0 Å². The average Bonchev–Trinajstić information content (AvgIpc) is 2.37. The van der Waals surface area contributed by atoms with Crippen LogP contribution < -0.4 is 5.32 Å². The van der Waals surface area contributed by atoms with Crippen molar-refractivity contribution in [1.29, 1.82) is 0 Å². The predicted octanol–water partition coefficient (Wildman–Crippen LogP) is 1.45. The van der Waals surface area contributed by atoms with Crippen LogP contribution in [0.25, 0.3) is 0 Å². The molecule has 0 saturated carbocycles. The van der Waals surface area contributed by atoms with Crippen molar-refractivity contribution in [3.63, 3.8) is 0 Å². The number of rotatable bonds is 3. The Labute approximate surface area is 115 Å². The minimum atomic E-state index is -0.668. The molecule has 0 aromatic heterocycles. The molecule has 1 fully saturated rings. The summed E-state index contributed by atoms with van der Waals surface area (Å²) in [5, 5.41) is 2.51. The van der Waals surface area contributed by atoms with Crippen LogP contribution in [0, 0.1) is 17.6 Å². The standard InChI is InChI=1S/C14H16F2N2O2/c1-8(2)13-14(20)17-6-12(19)18(13)7-9-5-10(15)3-4-11(9)16/h3-5,8,13H,6-7H2,1-2H3,(H,17,20). The highest BCUT2D eigenvalue weighted by Crippen LogP contribution is 2.20. The molecule has 20 heavy (non-hydrogen) atoms. The van der Waals surface area contributed by atoms with Gasteiger partial charge in [0, 0.05) is 12.1 Å². The molecule has 1 unspecified atom stereocenters. The maximum atomic E-state index is 13.7. The number of piperazine rings is 1. The Balaban J connectivity index is 2.30. The highest BCUT2D eigenvalue weighted by atomic mass is 19.1. The number of halogens is 2. The van der Waals surface area contributed by atoms with Crippen LogP contribution in [0.5, 0.6) is 0 Å². The molecule has 1 atom stereocenters. The molecular formula is C14H16F2N2O2. The molecule has 0 bridgehead atoms. The molecule has 2 amide bonds. The fraction of sp³-hybridized carbons (Fsp3) is 0.429. The smallest absolute Gasteiger partial charge is 0.243 e. The molecule has 2 rings (SSSR count). The predicted molar refractivity (Wildman–Crippen MR) is 68.5 cm³/mol. The van der Waals surface area contributed by atoms with E-state index in [1.165, 1.54) is 4.90 Å². The van der Waals surface area contributed by atoms with Gasteiger partial charge >= 0.3 is 0 Å². The third-order valence-electron chi connectivity index (χ3n) is 3.32. The zero-order chi connectivity index (χ0) is 14.9. The molecular weight excluding hydrogens is 266 g/mol. The van der Waals surface area contributed by atoms with E-state index in [9.17, 15) is 18.4 Å². The van der Waals surface area contributed by atoms with E-state index >= 15 is 0 Å². The molecule has 6 heteroatoms. The Morgan fingerprint density at radius 3 is 2.70 bits per heavy atom. The molecule has 1 aromatic carbocycles. The summed E-state index contributed by atoms with van der Waals surface area (Å²) in [7, 11) is 0. The van der Waals surface area contributed by atoms with E-state index < -0.39 is 17.7 Å². The number of carbonyl (C=O) groups excluding carboxylic acids is 2. The van der Waals surface area contributed by atoms with Gasteiger partial charge in [-0.2, -0.15) is 0 Å². The average molecular weight is 282 g/mol. The lowest BCUT2D eigenvalue weighted by Gasteiger charge is -2.37. The van der Waals surface area contributed by atoms with Gasteiger partial charge in [-0.05, 0) is 24.1 Å². The zero-order valence-electron chi connectivity index (χ0n) is 11.3. The van der Waals surface area contributed by atoms with Crippen molar-refractivity contribution in [2.24, 2.45) is 5.92 Å².